The van der Waals surface area contributed by atoms with Crippen molar-refractivity contribution in [1.29, 1.82) is 0 Å². The van der Waals surface area contributed by atoms with Crippen molar-refractivity contribution >= 4 is 5.91 Å². The fourth-order valence-corrected chi connectivity index (χ4v) is 2.30. The third-order valence-corrected chi connectivity index (χ3v) is 3.17. The lowest BCUT2D eigenvalue weighted by atomic mass is 10.3. The molecule has 0 radical (unpaired) electrons. The maximum absolute atomic E-state index is 11.6. The summed E-state index contributed by atoms with van der Waals surface area (Å²) in [5.74, 6) is 0.0350. The van der Waals surface area contributed by atoms with Gasteiger partial charge in [-0.15, -0.1) is 0 Å². The highest BCUT2D eigenvalue weighted by Gasteiger charge is 2.15. The van der Waals surface area contributed by atoms with Crippen molar-refractivity contribution in [2.75, 3.05) is 39.9 Å². The van der Waals surface area contributed by atoms with E-state index in [0.29, 0.717) is 19.2 Å². The minimum absolute atomic E-state index is 0.0350. The topological polar surface area (TPSA) is 53.6 Å². The van der Waals surface area contributed by atoms with E-state index in [-0.39, 0.29) is 11.9 Å². The van der Waals surface area contributed by atoms with E-state index in [0.717, 1.165) is 6.54 Å². The molecule has 1 aliphatic rings. The number of hydrogen-bond donors (Lipinski definition) is 2. The molecular weight excluding hydrogens is 230 g/mol. The number of likely N-dealkylation sites (tertiary alicyclic amines) is 1. The third-order valence-electron chi connectivity index (χ3n) is 3.17. The highest BCUT2D eigenvalue weighted by atomic mass is 16.5. The van der Waals surface area contributed by atoms with Crippen LogP contribution in [0.4, 0.5) is 0 Å². The molecule has 1 rings (SSSR count). The lowest BCUT2D eigenvalue weighted by Crippen LogP contribution is -2.45. The molecule has 0 aromatic heterocycles. The molecule has 0 aliphatic carbocycles. The Hall–Kier alpha value is -0.650. The maximum Gasteiger partial charge on any atom is 0.234 e. The lowest BCUT2D eigenvalue weighted by Gasteiger charge is -2.21. The summed E-state index contributed by atoms with van der Waals surface area (Å²) < 4.78 is 4.98. The van der Waals surface area contributed by atoms with E-state index in [1.165, 1.54) is 25.9 Å². The Kier molecular flexibility index (Phi) is 7.23. The summed E-state index contributed by atoms with van der Waals surface area (Å²) in [6.07, 6.45) is 2.61. The van der Waals surface area contributed by atoms with Crippen LogP contribution in [0, 0.1) is 0 Å². The molecule has 1 saturated heterocycles. The molecule has 0 bridgehead atoms. The van der Waals surface area contributed by atoms with Crippen LogP contribution in [0.25, 0.3) is 0 Å². The number of nitrogens with one attached hydrogen (secondary N) is 2. The molecule has 0 saturated carbocycles. The van der Waals surface area contributed by atoms with Gasteiger partial charge in [-0.25, -0.2) is 0 Å². The van der Waals surface area contributed by atoms with E-state index in [9.17, 15) is 4.79 Å². The van der Waals surface area contributed by atoms with Gasteiger partial charge in [-0.1, -0.05) is 0 Å². The van der Waals surface area contributed by atoms with Crippen molar-refractivity contribution in [2.45, 2.75) is 38.8 Å². The van der Waals surface area contributed by atoms with E-state index in [2.05, 4.69) is 22.5 Å². The van der Waals surface area contributed by atoms with Crippen LogP contribution in [0.1, 0.15) is 26.7 Å². The molecule has 106 valence electrons. The zero-order chi connectivity index (χ0) is 13.4. The Morgan fingerprint density at radius 1 is 1.28 bits per heavy atom. The van der Waals surface area contributed by atoms with Gasteiger partial charge in [0, 0.05) is 25.7 Å². The summed E-state index contributed by atoms with van der Waals surface area (Å²) in [4.78, 5) is 14.1. The van der Waals surface area contributed by atoms with Gasteiger partial charge < -0.3 is 20.3 Å². The number of amides is 1. The molecule has 1 aliphatic heterocycles. The lowest BCUT2D eigenvalue weighted by molar-refractivity contribution is -0.121. The maximum atomic E-state index is 11.6. The van der Waals surface area contributed by atoms with Crippen LogP contribution < -0.4 is 10.6 Å². The Morgan fingerprint density at radius 2 is 1.94 bits per heavy atom. The van der Waals surface area contributed by atoms with Crippen molar-refractivity contribution in [1.82, 2.24) is 15.5 Å². The van der Waals surface area contributed by atoms with Gasteiger partial charge in [-0.2, -0.15) is 0 Å². The first kappa shape index (κ1) is 15.4. The highest BCUT2D eigenvalue weighted by Crippen LogP contribution is 2.07. The van der Waals surface area contributed by atoms with Gasteiger partial charge in [-0.3, -0.25) is 4.79 Å². The minimum atomic E-state index is 0.0350. The summed E-state index contributed by atoms with van der Waals surface area (Å²) in [5.41, 5.74) is 0. The molecule has 1 heterocycles. The first-order valence-electron chi connectivity index (χ1n) is 6.86. The number of carbonyl (C=O) groups excluding carboxylic acids is 1. The summed E-state index contributed by atoms with van der Waals surface area (Å²) in [7, 11) is 1.64. The Morgan fingerprint density at radius 3 is 2.56 bits per heavy atom. The van der Waals surface area contributed by atoms with Crippen LogP contribution in [0.3, 0.4) is 0 Å². The van der Waals surface area contributed by atoms with E-state index in [4.69, 9.17) is 4.74 Å². The van der Waals surface area contributed by atoms with Crippen molar-refractivity contribution in [3.05, 3.63) is 0 Å². The average molecular weight is 257 g/mol. The average Bonchev–Trinajstić information content (AvgIpc) is 2.79. The first-order chi connectivity index (χ1) is 8.61. The Labute approximate surface area is 110 Å². The number of hydrogen-bond acceptors (Lipinski definition) is 4. The molecular formula is C13H27N3O2. The van der Waals surface area contributed by atoms with Gasteiger partial charge in [0.15, 0.2) is 0 Å². The number of rotatable bonds is 8. The number of ether oxygens (including phenoxy) is 1. The molecule has 5 nitrogen and oxygen atoms in total. The van der Waals surface area contributed by atoms with Crippen molar-refractivity contribution in [2.24, 2.45) is 0 Å². The molecule has 0 aromatic carbocycles. The quantitative estimate of drug-likeness (QED) is 0.653. The molecule has 1 fully saturated rings. The van der Waals surface area contributed by atoms with Crippen molar-refractivity contribution < 1.29 is 9.53 Å². The zero-order valence-corrected chi connectivity index (χ0v) is 11.9. The van der Waals surface area contributed by atoms with E-state index in [1.807, 2.05) is 6.92 Å². The SMILES string of the molecule is COCC(C)NC(=O)CNC(C)CN1CCCC1. The van der Waals surface area contributed by atoms with Gasteiger partial charge in [0.1, 0.15) is 0 Å². The second-order valence-corrected chi connectivity index (χ2v) is 5.21. The predicted octanol–water partition coefficient (Wildman–Crippen LogP) is 0.211. The molecule has 0 spiro atoms. The number of nitrogens with zero attached hydrogens (tertiary/aromatic N) is 1. The third kappa shape index (κ3) is 6.33. The van der Waals surface area contributed by atoms with Crippen LogP contribution in [-0.2, 0) is 9.53 Å². The molecule has 2 unspecified atom stereocenters. The second kappa shape index (κ2) is 8.45. The molecule has 1 amide bonds. The first-order valence-corrected chi connectivity index (χ1v) is 6.86. The number of carbonyl (C=O) groups is 1. The summed E-state index contributed by atoms with van der Waals surface area (Å²) in [5, 5.41) is 6.15. The number of methoxy groups -OCH3 is 1. The van der Waals surface area contributed by atoms with Crippen LogP contribution in [0.5, 0.6) is 0 Å². The monoisotopic (exact) mass is 257 g/mol. The summed E-state index contributed by atoms with van der Waals surface area (Å²) in [6, 6.07) is 0.421. The fourth-order valence-electron chi connectivity index (χ4n) is 2.30. The van der Waals surface area contributed by atoms with Crippen LogP contribution in [-0.4, -0.2) is 62.8 Å². The zero-order valence-electron chi connectivity index (χ0n) is 11.9. The minimum Gasteiger partial charge on any atom is -0.383 e. The Balaban J connectivity index is 2.09. The largest absolute Gasteiger partial charge is 0.383 e. The van der Waals surface area contributed by atoms with Crippen LogP contribution >= 0.6 is 0 Å². The van der Waals surface area contributed by atoms with Gasteiger partial charge in [0.25, 0.3) is 0 Å². The smallest absolute Gasteiger partial charge is 0.234 e. The Bertz CT molecular complexity index is 242. The summed E-state index contributed by atoms with van der Waals surface area (Å²) >= 11 is 0. The van der Waals surface area contributed by atoms with E-state index >= 15 is 0 Å². The predicted molar refractivity (Wildman–Crippen MR) is 72.6 cm³/mol. The van der Waals surface area contributed by atoms with Gasteiger partial charge in [-0.05, 0) is 39.8 Å². The molecule has 0 aromatic rings. The normalized spacial score (nSPS) is 19.7. The molecule has 5 heteroatoms. The molecule has 2 N–H and O–H groups in total. The summed E-state index contributed by atoms with van der Waals surface area (Å²) in [6.45, 7) is 8.42. The van der Waals surface area contributed by atoms with Gasteiger partial charge in [0.05, 0.1) is 13.2 Å². The van der Waals surface area contributed by atoms with Crippen LogP contribution in [0.2, 0.25) is 0 Å². The molecule has 18 heavy (non-hydrogen) atoms. The second-order valence-electron chi connectivity index (χ2n) is 5.21. The van der Waals surface area contributed by atoms with E-state index in [1.54, 1.807) is 7.11 Å². The standard InChI is InChI=1S/C13H27N3O2/c1-11(9-16-6-4-5-7-16)14-8-13(17)15-12(2)10-18-3/h11-12,14H,4-10H2,1-3H3,(H,15,17). The molecule has 2 atom stereocenters. The van der Waals surface area contributed by atoms with Crippen LogP contribution in [0.15, 0.2) is 0 Å². The van der Waals surface area contributed by atoms with Crippen molar-refractivity contribution in [3.63, 3.8) is 0 Å². The fraction of sp³-hybridized carbons (Fsp3) is 0.923. The van der Waals surface area contributed by atoms with Gasteiger partial charge in [0.2, 0.25) is 5.91 Å². The highest BCUT2D eigenvalue weighted by molar-refractivity contribution is 5.78. The van der Waals surface area contributed by atoms with E-state index < -0.39 is 0 Å². The van der Waals surface area contributed by atoms with Gasteiger partial charge >= 0.3 is 0 Å². The van der Waals surface area contributed by atoms with Crippen molar-refractivity contribution in [3.8, 4) is 0 Å².